The van der Waals surface area contributed by atoms with Crippen LogP contribution in [0.4, 0.5) is 0 Å². The lowest BCUT2D eigenvalue weighted by Crippen LogP contribution is -1.94. The molecule has 0 saturated carbocycles. The summed E-state index contributed by atoms with van der Waals surface area (Å²) in [6.45, 7) is 3.82. The highest BCUT2D eigenvalue weighted by Crippen LogP contribution is 2.40. The Balaban J connectivity index is 1.40. The standard InChI is InChI=1S/C38H26N2/c1-2-3-11-25-12-10-13-27(22-25)40-36-19-9-7-15-29(36)33-23-26(20-21-37(33)40)32-24-35-38(30-16-5-4-14-28(30)32)31-17-6-8-18-34(31)39-35/h2-24,39H,1H2/b11-3-. The van der Waals surface area contributed by atoms with E-state index in [4.69, 9.17) is 0 Å². The summed E-state index contributed by atoms with van der Waals surface area (Å²) >= 11 is 0. The fourth-order valence-electron chi connectivity index (χ4n) is 6.32. The molecule has 8 aromatic rings. The number of aromatic nitrogens is 2. The van der Waals surface area contributed by atoms with E-state index in [0.29, 0.717) is 0 Å². The summed E-state index contributed by atoms with van der Waals surface area (Å²) in [5.74, 6) is 0. The van der Waals surface area contributed by atoms with Gasteiger partial charge in [-0.25, -0.2) is 0 Å². The molecule has 0 spiro atoms. The van der Waals surface area contributed by atoms with Crippen molar-refractivity contribution in [3.8, 4) is 16.8 Å². The van der Waals surface area contributed by atoms with Gasteiger partial charge in [-0.15, -0.1) is 0 Å². The zero-order valence-electron chi connectivity index (χ0n) is 21.9. The predicted molar refractivity (Wildman–Crippen MR) is 172 cm³/mol. The minimum absolute atomic E-state index is 1.15. The molecule has 188 valence electrons. The molecule has 0 aliphatic heterocycles. The van der Waals surface area contributed by atoms with E-state index in [2.05, 4.69) is 144 Å². The van der Waals surface area contributed by atoms with Gasteiger partial charge in [-0.1, -0.05) is 104 Å². The molecule has 0 saturated heterocycles. The minimum Gasteiger partial charge on any atom is -0.354 e. The number of hydrogen-bond acceptors (Lipinski definition) is 0. The van der Waals surface area contributed by atoms with Crippen LogP contribution in [0.3, 0.4) is 0 Å². The van der Waals surface area contributed by atoms with Crippen LogP contribution in [-0.2, 0) is 0 Å². The molecule has 0 aliphatic rings. The van der Waals surface area contributed by atoms with Crippen molar-refractivity contribution >= 4 is 60.5 Å². The van der Waals surface area contributed by atoms with Gasteiger partial charge in [0.1, 0.15) is 0 Å². The van der Waals surface area contributed by atoms with Gasteiger partial charge in [0.25, 0.3) is 0 Å². The Kier molecular flexibility index (Phi) is 5.01. The molecule has 0 aliphatic carbocycles. The summed E-state index contributed by atoms with van der Waals surface area (Å²) in [4.78, 5) is 3.68. The van der Waals surface area contributed by atoms with Crippen LogP contribution in [0.2, 0.25) is 0 Å². The first-order valence-corrected chi connectivity index (χ1v) is 13.7. The Bertz CT molecular complexity index is 2290. The van der Waals surface area contributed by atoms with Gasteiger partial charge in [0, 0.05) is 38.3 Å². The molecule has 2 nitrogen and oxygen atoms in total. The summed E-state index contributed by atoms with van der Waals surface area (Å²) in [6, 6.07) is 44.0. The number of aromatic amines is 1. The largest absolute Gasteiger partial charge is 0.354 e. The summed E-state index contributed by atoms with van der Waals surface area (Å²) in [7, 11) is 0. The molecule has 2 heterocycles. The molecule has 40 heavy (non-hydrogen) atoms. The Hall–Kier alpha value is -5.34. The van der Waals surface area contributed by atoms with Gasteiger partial charge >= 0.3 is 0 Å². The van der Waals surface area contributed by atoms with Crippen molar-refractivity contribution in [2.45, 2.75) is 0 Å². The molecular weight excluding hydrogens is 484 g/mol. The first-order valence-electron chi connectivity index (χ1n) is 13.7. The number of benzene rings is 6. The van der Waals surface area contributed by atoms with Gasteiger partial charge in [0.05, 0.1) is 11.0 Å². The van der Waals surface area contributed by atoms with E-state index >= 15 is 0 Å². The van der Waals surface area contributed by atoms with Crippen molar-refractivity contribution in [2.24, 2.45) is 0 Å². The second kappa shape index (κ2) is 8.86. The molecule has 0 unspecified atom stereocenters. The van der Waals surface area contributed by atoms with Crippen molar-refractivity contribution in [3.05, 3.63) is 146 Å². The van der Waals surface area contributed by atoms with Crippen LogP contribution in [-0.4, -0.2) is 9.55 Å². The number of rotatable bonds is 4. The zero-order valence-corrected chi connectivity index (χ0v) is 21.9. The molecule has 2 heteroatoms. The monoisotopic (exact) mass is 510 g/mol. The molecule has 0 fully saturated rings. The average Bonchev–Trinajstić information content (AvgIpc) is 3.55. The fraction of sp³-hybridized carbons (Fsp3) is 0. The molecule has 0 bridgehead atoms. The van der Waals surface area contributed by atoms with Crippen LogP contribution in [0.5, 0.6) is 0 Å². The first kappa shape index (κ1) is 22.6. The van der Waals surface area contributed by atoms with Gasteiger partial charge in [0.2, 0.25) is 0 Å². The third-order valence-electron chi connectivity index (χ3n) is 8.05. The lowest BCUT2D eigenvalue weighted by molar-refractivity contribution is 1.18. The van der Waals surface area contributed by atoms with Crippen LogP contribution in [0, 0.1) is 0 Å². The summed E-state index contributed by atoms with van der Waals surface area (Å²) < 4.78 is 2.37. The highest BCUT2D eigenvalue weighted by Gasteiger charge is 2.16. The molecule has 8 rings (SSSR count). The number of hydrogen-bond donors (Lipinski definition) is 1. The molecule has 0 radical (unpaired) electrons. The van der Waals surface area contributed by atoms with Gasteiger partial charge in [-0.05, 0) is 69.9 Å². The summed E-state index contributed by atoms with van der Waals surface area (Å²) in [5.41, 5.74) is 9.50. The van der Waals surface area contributed by atoms with E-state index in [9.17, 15) is 0 Å². The molecule has 6 aromatic carbocycles. The SMILES string of the molecule is C=C/C=C\c1cccc(-n2c3ccccc3c3cc(-c4cc5[nH]c6ccccc6c5c5ccccc45)ccc32)c1. The minimum atomic E-state index is 1.15. The lowest BCUT2D eigenvalue weighted by atomic mass is 9.94. The maximum absolute atomic E-state index is 3.82. The maximum atomic E-state index is 3.82. The smallest absolute Gasteiger partial charge is 0.0541 e. The quantitative estimate of drug-likeness (QED) is 0.227. The summed E-state index contributed by atoms with van der Waals surface area (Å²) in [5, 5.41) is 7.61. The zero-order chi connectivity index (χ0) is 26.6. The van der Waals surface area contributed by atoms with Crippen molar-refractivity contribution in [1.29, 1.82) is 0 Å². The van der Waals surface area contributed by atoms with E-state index in [-0.39, 0.29) is 0 Å². The van der Waals surface area contributed by atoms with Crippen LogP contribution in [0.25, 0.3) is 77.3 Å². The van der Waals surface area contributed by atoms with E-state index in [0.717, 1.165) is 11.3 Å². The molecule has 0 amide bonds. The third kappa shape index (κ3) is 3.36. The average molecular weight is 511 g/mol. The number of nitrogens with zero attached hydrogens (tertiary/aromatic N) is 1. The van der Waals surface area contributed by atoms with Gasteiger partial charge in [-0.2, -0.15) is 0 Å². The van der Waals surface area contributed by atoms with Crippen molar-refractivity contribution in [2.75, 3.05) is 0 Å². The fourth-order valence-corrected chi connectivity index (χ4v) is 6.32. The molecular formula is C38H26N2. The number of nitrogens with one attached hydrogen (secondary N) is 1. The van der Waals surface area contributed by atoms with Crippen LogP contribution in [0.1, 0.15) is 5.56 Å². The van der Waals surface area contributed by atoms with E-state index in [1.807, 2.05) is 12.2 Å². The Morgan fingerprint density at radius 2 is 1.32 bits per heavy atom. The lowest BCUT2D eigenvalue weighted by Gasteiger charge is -2.11. The Labute approximate surface area is 232 Å². The van der Waals surface area contributed by atoms with Gasteiger partial charge in [0.15, 0.2) is 0 Å². The van der Waals surface area contributed by atoms with E-state index in [1.54, 1.807) is 0 Å². The molecule has 2 aromatic heterocycles. The van der Waals surface area contributed by atoms with Crippen molar-refractivity contribution < 1.29 is 0 Å². The number of para-hydroxylation sites is 2. The van der Waals surface area contributed by atoms with Gasteiger partial charge in [-0.3, -0.25) is 0 Å². The van der Waals surface area contributed by atoms with Crippen molar-refractivity contribution in [3.63, 3.8) is 0 Å². The Morgan fingerprint density at radius 1 is 0.575 bits per heavy atom. The topological polar surface area (TPSA) is 20.7 Å². The number of allylic oxidation sites excluding steroid dienone is 2. The van der Waals surface area contributed by atoms with Crippen LogP contribution >= 0.6 is 0 Å². The number of H-pyrrole nitrogens is 1. The van der Waals surface area contributed by atoms with Gasteiger partial charge < -0.3 is 9.55 Å². The van der Waals surface area contributed by atoms with Crippen molar-refractivity contribution in [1.82, 2.24) is 9.55 Å². The molecule has 1 N–H and O–H groups in total. The second-order valence-electron chi connectivity index (χ2n) is 10.3. The highest BCUT2D eigenvalue weighted by molar-refractivity contribution is 6.23. The summed E-state index contributed by atoms with van der Waals surface area (Å²) in [6.07, 6.45) is 5.88. The molecule has 0 atom stereocenters. The van der Waals surface area contributed by atoms with E-state index in [1.165, 1.54) is 65.5 Å². The second-order valence-corrected chi connectivity index (χ2v) is 10.3. The predicted octanol–water partition coefficient (Wildman–Crippen LogP) is 10.4. The van der Waals surface area contributed by atoms with Crippen LogP contribution < -0.4 is 0 Å². The highest BCUT2D eigenvalue weighted by atomic mass is 15.0. The maximum Gasteiger partial charge on any atom is 0.0541 e. The normalized spacial score (nSPS) is 12.0. The Morgan fingerprint density at radius 3 is 2.20 bits per heavy atom. The third-order valence-corrected chi connectivity index (χ3v) is 8.05. The first-order chi connectivity index (χ1) is 19.8. The number of fused-ring (bicyclic) bond motifs is 8. The van der Waals surface area contributed by atoms with Crippen LogP contribution in [0.15, 0.2) is 140 Å². The van der Waals surface area contributed by atoms with E-state index < -0.39 is 0 Å².